The predicted molar refractivity (Wildman–Crippen MR) is 126 cm³/mol. The summed E-state index contributed by atoms with van der Waals surface area (Å²) in [5.41, 5.74) is 5.33. The molecule has 1 aliphatic heterocycles. The lowest BCUT2D eigenvalue weighted by Gasteiger charge is -2.26. The highest BCUT2D eigenvalue weighted by Crippen LogP contribution is 2.43. The molecule has 8 heteroatoms. The van der Waals surface area contributed by atoms with Crippen molar-refractivity contribution in [2.45, 2.75) is 44.2 Å². The van der Waals surface area contributed by atoms with E-state index in [-0.39, 0.29) is 0 Å². The molecule has 0 bridgehead atoms. The first-order valence-corrected chi connectivity index (χ1v) is 12.9. The van der Waals surface area contributed by atoms with Crippen LogP contribution in [0.2, 0.25) is 0 Å². The Kier molecular flexibility index (Phi) is 5.84. The van der Waals surface area contributed by atoms with Gasteiger partial charge in [-0.1, -0.05) is 25.6 Å². The summed E-state index contributed by atoms with van der Waals surface area (Å²) in [5, 5.41) is 5.72. The highest BCUT2D eigenvalue weighted by atomic mass is 32.2. The van der Waals surface area contributed by atoms with E-state index < -0.39 is 0 Å². The fourth-order valence-corrected chi connectivity index (χ4v) is 6.10. The first kappa shape index (κ1) is 20.4. The SMILES string of the molecule is CSc1nc(NCCN2CCOCC2)c2sc3nc(C(C)C)c4c(c3c2n1)CCC4. The fraction of sp³-hybridized carbons (Fsp3) is 0.591. The number of rotatable bonds is 6. The zero-order valence-electron chi connectivity index (χ0n) is 18.0. The van der Waals surface area contributed by atoms with Crippen LogP contribution in [-0.2, 0) is 17.6 Å². The van der Waals surface area contributed by atoms with Crippen molar-refractivity contribution in [3.8, 4) is 0 Å². The number of thiophene rings is 1. The summed E-state index contributed by atoms with van der Waals surface area (Å²) in [6.07, 6.45) is 5.55. The number of nitrogens with one attached hydrogen (secondary N) is 1. The van der Waals surface area contributed by atoms with Gasteiger partial charge in [-0.2, -0.15) is 0 Å². The number of pyridine rings is 1. The van der Waals surface area contributed by atoms with E-state index in [9.17, 15) is 0 Å². The number of nitrogens with zero attached hydrogens (tertiary/aromatic N) is 4. The van der Waals surface area contributed by atoms with Gasteiger partial charge in [-0.25, -0.2) is 15.0 Å². The van der Waals surface area contributed by atoms with Crippen molar-refractivity contribution in [2.75, 3.05) is 51.0 Å². The van der Waals surface area contributed by atoms with Crippen LogP contribution in [-0.4, -0.2) is 65.5 Å². The first-order chi connectivity index (χ1) is 14.7. The quantitative estimate of drug-likeness (QED) is 0.450. The van der Waals surface area contributed by atoms with E-state index in [1.165, 1.54) is 28.6 Å². The average molecular weight is 444 g/mol. The van der Waals surface area contributed by atoms with Gasteiger partial charge in [0.25, 0.3) is 0 Å². The van der Waals surface area contributed by atoms with Gasteiger partial charge in [0, 0.05) is 37.3 Å². The van der Waals surface area contributed by atoms with E-state index in [1.807, 2.05) is 6.26 Å². The van der Waals surface area contributed by atoms with Gasteiger partial charge in [0.05, 0.1) is 23.4 Å². The minimum absolute atomic E-state index is 0.449. The zero-order chi connectivity index (χ0) is 20.7. The van der Waals surface area contributed by atoms with Crippen molar-refractivity contribution < 1.29 is 4.74 Å². The van der Waals surface area contributed by atoms with Crippen molar-refractivity contribution in [3.63, 3.8) is 0 Å². The molecule has 30 heavy (non-hydrogen) atoms. The zero-order valence-corrected chi connectivity index (χ0v) is 19.6. The van der Waals surface area contributed by atoms with Crippen LogP contribution in [0.3, 0.4) is 0 Å². The summed E-state index contributed by atoms with van der Waals surface area (Å²) in [6.45, 7) is 10.1. The number of thioether (sulfide) groups is 1. The molecule has 160 valence electrons. The summed E-state index contributed by atoms with van der Waals surface area (Å²) >= 11 is 3.36. The Hall–Kier alpha value is -1.48. The molecule has 1 aliphatic carbocycles. The Balaban J connectivity index is 1.55. The van der Waals surface area contributed by atoms with Crippen molar-refractivity contribution in [3.05, 3.63) is 16.8 Å². The normalized spacial score (nSPS) is 17.3. The lowest BCUT2D eigenvalue weighted by Crippen LogP contribution is -2.39. The molecule has 0 atom stereocenters. The van der Waals surface area contributed by atoms with E-state index in [0.29, 0.717) is 5.92 Å². The van der Waals surface area contributed by atoms with E-state index in [2.05, 4.69) is 24.1 Å². The van der Waals surface area contributed by atoms with E-state index >= 15 is 0 Å². The van der Waals surface area contributed by atoms with E-state index in [4.69, 9.17) is 19.7 Å². The number of aryl methyl sites for hydroxylation is 1. The lowest BCUT2D eigenvalue weighted by atomic mass is 9.99. The second-order valence-corrected chi connectivity index (χ2v) is 10.1. The first-order valence-electron chi connectivity index (χ1n) is 10.9. The molecule has 0 radical (unpaired) electrons. The molecule has 1 N–H and O–H groups in total. The largest absolute Gasteiger partial charge is 0.379 e. The Labute approximate surface area is 185 Å². The van der Waals surface area contributed by atoms with Crippen LogP contribution in [0.25, 0.3) is 20.4 Å². The molecule has 0 unspecified atom stereocenters. The molecule has 3 aromatic heterocycles. The van der Waals surface area contributed by atoms with Crippen molar-refractivity contribution in [1.82, 2.24) is 19.9 Å². The molecule has 5 rings (SSSR count). The summed E-state index contributed by atoms with van der Waals surface area (Å²) < 4.78 is 6.60. The number of anilines is 1. The third kappa shape index (κ3) is 3.68. The van der Waals surface area contributed by atoms with Crippen LogP contribution in [0, 0.1) is 0 Å². The molecule has 0 spiro atoms. The molecule has 6 nitrogen and oxygen atoms in total. The van der Waals surface area contributed by atoms with Gasteiger partial charge in [-0.3, -0.25) is 4.90 Å². The molecule has 3 aromatic rings. The van der Waals surface area contributed by atoms with Gasteiger partial charge in [0.2, 0.25) is 0 Å². The minimum atomic E-state index is 0.449. The Morgan fingerprint density at radius 3 is 2.70 bits per heavy atom. The Bertz CT molecular complexity index is 1070. The predicted octanol–water partition coefficient (Wildman–Crippen LogP) is 4.32. The maximum atomic E-state index is 5.46. The maximum Gasteiger partial charge on any atom is 0.189 e. The van der Waals surface area contributed by atoms with Crippen molar-refractivity contribution in [1.29, 1.82) is 0 Å². The molecule has 4 heterocycles. The molecular formula is C22H29N5OS2. The Morgan fingerprint density at radius 2 is 1.93 bits per heavy atom. The molecule has 1 fully saturated rings. The van der Waals surface area contributed by atoms with Crippen LogP contribution >= 0.6 is 23.1 Å². The lowest BCUT2D eigenvalue weighted by molar-refractivity contribution is 0.0398. The van der Waals surface area contributed by atoms with Crippen LogP contribution < -0.4 is 5.32 Å². The number of hydrogen-bond acceptors (Lipinski definition) is 8. The Morgan fingerprint density at radius 1 is 1.13 bits per heavy atom. The van der Waals surface area contributed by atoms with Gasteiger partial charge in [0.1, 0.15) is 10.6 Å². The summed E-state index contributed by atoms with van der Waals surface area (Å²) in [6, 6.07) is 0. The number of aromatic nitrogens is 3. The molecule has 0 saturated carbocycles. The van der Waals surface area contributed by atoms with Crippen LogP contribution in [0.4, 0.5) is 5.82 Å². The van der Waals surface area contributed by atoms with Gasteiger partial charge < -0.3 is 10.1 Å². The standard InChI is InChI=1S/C22H29N5OS2/c1-13(2)17-15-6-4-5-14(15)16-18-19(30-21(16)24-17)20(26-22(25-18)29-3)23-7-8-27-9-11-28-12-10-27/h13H,4-12H2,1-3H3,(H,23,25,26). The second kappa shape index (κ2) is 8.57. The third-order valence-corrected chi connectivity index (χ3v) is 7.73. The smallest absolute Gasteiger partial charge is 0.189 e. The highest BCUT2D eigenvalue weighted by Gasteiger charge is 2.25. The topological polar surface area (TPSA) is 63.2 Å². The highest BCUT2D eigenvalue weighted by molar-refractivity contribution is 7.98. The van der Waals surface area contributed by atoms with E-state index in [1.54, 1.807) is 23.1 Å². The van der Waals surface area contributed by atoms with Gasteiger partial charge in [0.15, 0.2) is 5.16 Å². The second-order valence-electron chi connectivity index (χ2n) is 8.36. The monoisotopic (exact) mass is 443 g/mol. The van der Waals surface area contributed by atoms with Gasteiger partial charge in [-0.05, 0) is 42.6 Å². The number of morpholine rings is 1. The van der Waals surface area contributed by atoms with Crippen molar-refractivity contribution >= 4 is 49.3 Å². The summed E-state index contributed by atoms with van der Waals surface area (Å²) in [5.74, 6) is 1.41. The van der Waals surface area contributed by atoms with Gasteiger partial charge in [-0.15, -0.1) is 11.3 Å². The van der Waals surface area contributed by atoms with Crippen LogP contribution in [0.1, 0.15) is 43.0 Å². The van der Waals surface area contributed by atoms with Crippen molar-refractivity contribution in [2.24, 2.45) is 0 Å². The maximum absolute atomic E-state index is 5.46. The average Bonchev–Trinajstić information content (AvgIpc) is 3.38. The fourth-order valence-electron chi connectivity index (χ4n) is 4.62. The molecule has 1 saturated heterocycles. The van der Waals surface area contributed by atoms with Gasteiger partial charge >= 0.3 is 0 Å². The molecular weight excluding hydrogens is 414 g/mol. The molecule has 0 amide bonds. The van der Waals surface area contributed by atoms with Crippen LogP contribution in [0.15, 0.2) is 5.16 Å². The van der Waals surface area contributed by atoms with E-state index in [0.717, 1.165) is 78.3 Å². The minimum Gasteiger partial charge on any atom is -0.379 e. The molecule has 2 aliphatic rings. The third-order valence-electron chi connectivity index (χ3n) is 6.10. The van der Waals surface area contributed by atoms with Crippen LogP contribution in [0.5, 0.6) is 0 Å². The summed E-state index contributed by atoms with van der Waals surface area (Å²) in [7, 11) is 0. The number of hydrogen-bond donors (Lipinski definition) is 1. The number of ether oxygens (including phenoxy) is 1. The number of fused-ring (bicyclic) bond motifs is 5. The summed E-state index contributed by atoms with van der Waals surface area (Å²) in [4.78, 5) is 18.5. The molecule has 0 aromatic carbocycles.